The minimum absolute atomic E-state index is 0.329. The molecule has 3 fully saturated rings. The Bertz CT molecular complexity index is 2250. The first-order valence-corrected chi connectivity index (χ1v) is 25.1. The molecule has 3 aliphatic carbocycles. The lowest BCUT2D eigenvalue weighted by Crippen LogP contribution is -2.18. The molecule has 60 heavy (non-hydrogen) atoms. The number of hydrogen-bond donors (Lipinski definition) is 2. The molecule has 6 nitrogen and oxygen atoms in total. The van der Waals surface area contributed by atoms with Gasteiger partial charge in [0, 0.05) is 23.5 Å². The van der Waals surface area contributed by atoms with Crippen molar-refractivity contribution in [3.05, 3.63) is 157 Å². The van der Waals surface area contributed by atoms with Crippen LogP contribution in [0.4, 0.5) is 0 Å². The summed E-state index contributed by atoms with van der Waals surface area (Å²) >= 11 is 0. The van der Waals surface area contributed by atoms with Gasteiger partial charge >= 0.3 is 0 Å². The fraction of sp³-hybridized carbons (Fsp3) is 0.308. The Balaban J connectivity index is 0.000000118. The monoisotopic (exact) mass is 840 g/mol. The summed E-state index contributed by atoms with van der Waals surface area (Å²) in [6, 6.07) is 45.4. The van der Waals surface area contributed by atoms with Gasteiger partial charge in [0.2, 0.25) is 0 Å². The molecule has 6 aromatic rings. The van der Waals surface area contributed by atoms with Crippen molar-refractivity contribution >= 4 is 25.3 Å². The summed E-state index contributed by atoms with van der Waals surface area (Å²) in [6.07, 6.45) is 10.6. The van der Waals surface area contributed by atoms with Crippen molar-refractivity contribution < 1.29 is 28.4 Å². The molecule has 11 rings (SSSR count). The summed E-state index contributed by atoms with van der Waals surface area (Å²) in [5.74, 6) is 6.92. The molecule has 6 aromatic carbocycles. The maximum Gasteiger partial charge on any atom is 0.277 e. The molecule has 0 saturated heterocycles. The largest absolute Gasteiger partial charge is 0.508 e. The number of benzene rings is 6. The van der Waals surface area contributed by atoms with Gasteiger partial charge in [-0.05, 0) is 129 Å². The molecule has 0 amide bonds. The van der Waals surface area contributed by atoms with Crippen LogP contribution in [0.15, 0.2) is 146 Å². The second-order valence-corrected chi connectivity index (χ2v) is 21.7. The molecule has 5 aliphatic rings. The van der Waals surface area contributed by atoms with Crippen molar-refractivity contribution in [1.29, 1.82) is 0 Å². The lowest BCUT2D eigenvalue weighted by Gasteiger charge is -2.27. The van der Waals surface area contributed by atoms with Crippen LogP contribution in [0.2, 0.25) is 0 Å². The van der Waals surface area contributed by atoms with Gasteiger partial charge < -0.3 is 19.3 Å². The average molecular weight is 841 g/mol. The zero-order valence-corrected chi connectivity index (χ0v) is 37.0. The first kappa shape index (κ1) is 43.1. The molecule has 6 atom stereocenters. The number of para-hydroxylation sites is 2. The molecule has 0 radical (unpaired) electrons. The molecular weight excluding hydrogens is 783 g/mol. The van der Waals surface area contributed by atoms with Crippen LogP contribution in [0.25, 0.3) is 22.3 Å². The molecule has 2 bridgehead atoms. The number of fused-ring (bicyclic) bond motifs is 11. The summed E-state index contributed by atoms with van der Waals surface area (Å²) in [4.78, 5) is 0. The molecule has 0 aromatic heterocycles. The summed E-state index contributed by atoms with van der Waals surface area (Å²) in [7, 11) is -5.43. The van der Waals surface area contributed by atoms with Gasteiger partial charge in [0.25, 0.3) is 14.7 Å². The molecule has 0 spiro atoms. The third-order valence-corrected chi connectivity index (χ3v) is 17.5. The van der Waals surface area contributed by atoms with E-state index in [2.05, 4.69) is 0 Å². The number of phenols is 2. The third kappa shape index (κ3) is 9.62. The topological polar surface area (TPSA) is 93.1 Å². The van der Waals surface area contributed by atoms with E-state index in [0.717, 1.165) is 44.4 Å². The Morgan fingerprint density at radius 1 is 0.483 bits per heavy atom. The van der Waals surface area contributed by atoms with E-state index < -0.39 is 14.7 Å². The molecule has 8 heteroatoms. The highest BCUT2D eigenvalue weighted by molar-refractivity contribution is 7.68. The summed E-state index contributed by atoms with van der Waals surface area (Å²) in [5, 5.41) is 19.2. The van der Waals surface area contributed by atoms with Gasteiger partial charge in [-0.15, -0.1) is 0 Å². The van der Waals surface area contributed by atoms with Crippen molar-refractivity contribution in [2.45, 2.75) is 66.2 Å². The molecular formula is C52H58O6P2. The summed E-state index contributed by atoms with van der Waals surface area (Å²) in [6.45, 7) is 7.79. The number of rotatable bonds is 2. The lowest BCUT2D eigenvalue weighted by atomic mass is 9.82. The predicted octanol–water partition coefficient (Wildman–Crippen LogP) is 13.6. The summed E-state index contributed by atoms with van der Waals surface area (Å²) in [5.41, 5.74) is 6.48. The van der Waals surface area contributed by atoms with Gasteiger partial charge in [-0.25, -0.2) is 0 Å². The minimum Gasteiger partial charge on any atom is -0.508 e. The van der Waals surface area contributed by atoms with Crippen molar-refractivity contribution in [3.8, 4) is 45.3 Å². The van der Waals surface area contributed by atoms with Gasteiger partial charge in [-0.3, -0.25) is 9.13 Å². The van der Waals surface area contributed by atoms with Crippen molar-refractivity contribution in [2.75, 3.05) is 12.3 Å². The second-order valence-electron chi connectivity index (χ2n) is 16.5. The highest BCUT2D eigenvalue weighted by atomic mass is 31.2. The maximum atomic E-state index is 12.8. The number of hydrogen-bond acceptors (Lipinski definition) is 6. The van der Waals surface area contributed by atoms with Crippen LogP contribution in [0, 0.1) is 37.5 Å². The standard InChI is InChI=1S/2C14H13O2P.C10H16.2C7H8O/c2*1-2-17(15)14-10-6-4-8-12(14)11-7-3-5-9-13(11)16-17;1-2-9-7-4-5-8(6-7)10(9)3-1;2*1-6-2-4-7(8)5-3-6/h2*3-10H,2H2,1H3;7-10H,1-6H2;2*2-5,8H,1H3. The van der Waals surface area contributed by atoms with E-state index >= 15 is 0 Å². The zero-order valence-electron chi connectivity index (χ0n) is 35.2. The number of phenolic OH excluding ortho intramolecular Hbond substituents is 2. The van der Waals surface area contributed by atoms with E-state index in [9.17, 15) is 9.13 Å². The first-order valence-electron chi connectivity index (χ1n) is 21.5. The number of aryl methyl sites for hydroxylation is 2. The zero-order chi connectivity index (χ0) is 42.3. The smallest absolute Gasteiger partial charge is 0.277 e. The van der Waals surface area contributed by atoms with Crippen LogP contribution >= 0.6 is 14.7 Å². The van der Waals surface area contributed by atoms with Crippen molar-refractivity contribution in [2.24, 2.45) is 23.7 Å². The van der Waals surface area contributed by atoms with E-state index in [1.165, 1.54) is 34.8 Å². The lowest BCUT2D eigenvalue weighted by molar-refractivity contribution is 0.259. The van der Waals surface area contributed by atoms with E-state index in [-0.39, 0.29) is 0 Å². The minimum atomic E-state index is -2.72. The average Bonchev–Trinajstić information content (AvgIpc) is 4.05. The Morgan fingerprint density at radius 3 is 1.20 bits per heavy atom. The summed E-state index contributed by atoms with van der Waals surface area (Å²) < 4.78 is 37.0. The van der Waals surface area contributed by atoms with Crippen molar-refractivity contribution in [3.63, 3.8) is 0 Å². The fourth-order valence-electron chi connectivity index (χ4n) is 9.53. The van der Waals surface area contributed by atoms with Crippen LogP contribution in [0.1, 0.15) is 63.5 Å². The molecule has 2 N–H and O–H groups in total. The molecule has 2 heterocycles. The van der Waals surface area contributed by atoms with Crippen LogP contribution in [0.5, 0.6) is 23.0 Å². The van der Waals surface area contributed by atoms with Crippen LogP contribution < -0.4 is 19.7 Å². The highest BCUT2D eigenvalue weighted by Gasteiger charge is 2.48. The van der Waals surface area contributed by atoms with E-state index in [1.807, 2.05) is 149 Å². The molecule has 3 saturated carbocycles. The van der Waals surface area contributed by atoms with Crippen LogP contribution in [0.3, 0.4) is 0 Å². The Morgan fingerprint density at radius 2 is 0.833 bits per heavy atom. The van der Waals surface area contributed by atoms with Gasteiger partial charge in [0.05, 0.1) is 10.6 Å². The Labute approximate surface area is 356 Å². The number of aromatic hydroxyl groups is 2. The van der Waals surface area contributed by atoms with E-state index in [0.29, 0.717) is 23.8 Å². The SMILES string of the molecule is C1CC2C3CCC(C3)C2C1.CCP1(=O)Oc2ccccc2-c2ccccc21.CCP1(=O)Oc2ccccc2-c2ccccc21.Cc1ccc(O)cc1.Cc1ccc(O)cc1. The third-order valence-electron chi connectivity index (χ3n) is 12.6. The van der Waals surface area contributed by atoms with Gasteiger partial charge in [0.15, 0.2) is 0 Å². The quantitative estimate of drug-likeness (QED) is 0.169. The van der Waals surface area contributed by atoms with Gasteiger partial charge in [0.1, 0.15) is 23.0 Å². The molecule has 312 valence electrons. The van der Waals surface area contributed by atoms with E-state index in [4.69, 9.17) is 19.3 Å². The molecule has 6 unspecified atom stereocenters. The highest BCUT2D eigenvalue weighted by Crippen LogP contribution is 2.59. The predicted molar refractivity (Wildman–Crippen MR) is 248 cm³/mol. The second kappa shape index (κ2) is 19.1. The normalized spacial score (nSPS) is 24.1. The van der Waals surface area contributed by atoms with E-state index in [1.54, 1.807) is 62.8 Å². The van der Waals surface area contributed by atoms with Crippen molar-refractivity contribution in [1.82, 2.24) is 0 Å². The Hall–Kier alpha value is -5.02. The Kier molecular flexibility index (Phi) is 13.7. The first-order chi connectivity index (χ1) is 29.0. The van der Waals surface area contributed by atoms with Gasteiger partial charge in [-0.1, -0.05) is 128 Å². The van der Waals surface area contributed by atoms with Crippen LogP contribution in [-0.4, -0.2) is 22.5 Å². The maximum absolute atomic E-state index is 12.8. The fourth-order valence-corrected chi connectivity index (χ4v) is 13.4. The van der Waals surface area contributed by atoms with Gasteiger partial charge in [-0.2, -0.15) is 0 Å². The molecule has 2 aliphatic heterocycles. The van der Waals surface area contributed by atoms with Crippen LogP contribution in [-0.2, 0) is 9.13 Å².